The number of nitrogens with one attached hydrogen (secondary N) is 2. The Kier molecular flexibility index (Phi) is 3.67. The van der Waals surface area contributed by atoms with Crippen LogP contribution in [0.1, 0.15) is 13.3 Å². The molecule has 23 heavy (non-hydrogen) atoms. The molecule has 5 nitrogen and oxygen atoms in total. The lowest BCUT2D eigenvalue weighted by atomic mass is 10.1. The molecule has 3 heterocycles. The van der Waals surface area contributed by atoms with Crippen LogP contribution >= 0.6 is 0 Å². The van der Waals surface area contributed by atoms with Crippen molar-refractivity contribution >= 4 is 27.5 Å². The maximum absolute atomic E-state index is 13.0. The SMILES string of the molecule is CC[C@H](Nc1nc2ccncc2c2c(=O)[nH]ccc12)C(F)(F)F. The molecule has 0 saturated carbocycles. The number of pyridine rings is 3. The normalized spacial score (nSPS) is 13.4. The largest absolute Gasteiger partial charge is 0.408 e. The van der Waals surface area contributed by atoms with E-state index in [2.05, 4.69) is 20.3 Å². The molecule has 0 aromatic carbocycles. The summed E-state index contributed by atoms with van der Waals surface area (Å²) in [6, 6.07) is 1.35. The zero-order valence-electron chi connectivity index (χ0n) is 12.1. The maximum Gasteiger partial charge on any atom is 0.408 e. The Bertz CT molecular complexity index is 920. The van der Waals surface area contributed by atoms with Crippen molar-refractivity contribution < 1.29 is 13.2 Å². The number of H-pyrrole nitrogens is 1. The van der Waals surface area contributed by atoms with E-state index in [9.17, 15) is 18.0 Å². The number of fused-ring (bicyclic) bond motifs is 3. The van der Waals surface area contributed by atoms with E-state index in [1.807, 2.05) is 0 Å². The first-order chi connectivity index (χ1) is 10.9. The second-order valence-electron chi connectivity index (χ2n) is 5.10. The Hall–Kier alpha value is -2.64. The standard InChI is InChI=1S/C15H13F3N4O/c1-2-11(15(16,17)18)22-13-8-3-6-20-14(23)12(8)9-7-19-5-4-10(9)21-13/h3-7,11H,2H2,1H3,(H,20,23)(H,21,22)/t11-/m0/s1. The molecule has 0 fully saturated rings. The molecule has 8 heteroatoms. The first kappa shape index (κ1) is 15.3. The van der Waals surface area contributed by atoms with Gasteiger partial charge in [0.2, 0.25) is 0 Å². The van der Waals surface area contributed by atoms with E-state index in [0.29, 0.717) is 16.3 Å². The van der Waals surface area contributed by atoms with Crippen molar-refractivity contribution in [3.63, 3.8) is 0 Å². The van der Waals surface area contributed by atoms with Gasteiger partial charge in [0.1, 0.15) is 11.9 Å². The Morgan fingerprint density at radius 1 is 1.30 bits per heavy atom. The van der Waals surface area contributed by atoms with Crippen molar-refractivity contribution in [3.8, 4) is 0 Å². The van der Waals surface area contributed by atoms with Crippen LogP contribution in [0.3, 0.4) is 0 Å². The van der Waals surface area contributed by atoms with Gasteiger partial charge in [0.25, 0.3) is 5.56 Å². The maximum atomic E-state index is 13.0. The second kappa shape index (κ2) is 5.53. The second-order valence-corrected chi connectivity index (χ2v) is 5.10. The molecule has 3 aromatic rings. The van der Waals surface area contributed by atoms with Crippen molar-refractivity contribution in [3.05, 3.63) is 41.1 Å². The quantitative estimate of drug-likeness (QED) is 0.726. The smallest absolute Gasteiger partial charge is 0.358 e. The van der Waals surface area contributed by atoms with Crippen LogP contribution in [0.15, 0.2) is 35.5 Å². The number of anilines is 1. The van der Waals surface area contributed by atoms with Gasteiger partial charge in [-0.05, 0) is 18.6 Å². The highest BCUT2D eigenvalue weighted by Gasteiger charge is 2.38. The molecule has 0 unspecified atom stereocenters. The number of alkyl halides is 3. The minimum absolute atomic E-state index is 0.0361. The molecular weight excluding hydrogens is 309 g/mol. The number of aromatic nitrogens is 3. The van der Waals surface area contributed by atoms with Crippen LogP contribution < -0.4 is 10.9 Å². The monoisotopic (exact) mass is 322 g/mol. The van der Waals surface area contributed by atoms with Crippen molar-refractivity contribution in [1.82, 2.24) is 15.0 Å². The first-order valence-electron chi connectivity index (χ1n) is 7.00. The van der Waals surface area contributed by atoms with Crippen LogP contribution in [0, 0.1) is 0 Å². The Balaban J connectivity index is 2.27. The lowest BCUT2D eigenvalue weighted by Crippen LogP contribution is -2.36. The van der Waals surface area contributed by atoms with E-state index in [4.69, 9.17) is 0 Å². The molecule has 0 bridgehead atoms. The van der Waals surface area contributed by atoms with Gasteiger partial charge in [-0.1, -0.05) is 6.92 Å². The number of halogens is 3. The molecule has 0 aliphatic carbocycles. The van der Waals surface area contributed by atoms with Gasteiger partial charge in [-0.15, -0.1) is 0 Å². The number of rotatable bonds is 3. The minimum atomic E-state index is -4.41. The van der Waals surface area contributed by atoms with Crippen LogP contribution in [0.4, 0.5) is 19.0 Å². The molecule has 1 atom stereocenters. The third-order valence-electron chi connectivity index (χ3n) is 3.63. The summed E-state index contributed by atoms with van der Waals surface area (Å²) in [6.45, 7) is 1.44. The highest BCUT2D eigenvalue weighted by Crippen LogP contribution is 2.30. The number of aromatic amines is 1. The van der Waals surface area contributed by atoms with Gasteiger partial charge in [0.05, 0.1) is 10.9 Å². The lowest BCUT2D eigenvalue weighted by Gasteiger charge is -2.21. The predicted octanol–water partition coefficient (Wildman–Crippen LogP) is 3.22. The molecule has 0 saturated heterocycles. The molecule has 2 N–H and O–H groups in total. The van der Waals surface area contributed by atoms with Crippen molar-refractivity contribution in [1.29, 1.82) is 0 Å². The molecule has 3 rings (SSSR count). The Morgan fingerprint density at radius 3 is 2.78 bits per heavy atom. The molecule has 0 amide bonds. The summed E-state index contributed by atoms with van der Waals surface area (Å²) in [7, 11) is 0. The predicted molar refractivity (Wildman–Crippen MR) is 81.4 cm³/mol. The zero-order valence-corrected chi connectivity index (χ0v) is 12.1. The first-order valence-corrected chi connectivity index (χ1v) is 7.00. The Morgan fingerprint density at radius 2 is 2.09 bits per heavy atom. The van der Waals surface area contributed by atoms with Crippen LogP contribution in [0.25, 0.3) is 21.7 Å². The van der Waals surface area contributed by atoms with Crippen molar-refractivity contribution in [2.75, 3.05) is 5.32 Å². The van der Waals surface area contributed by atoms with Gasteiger partial charge in [-0.3, -0.25) is 9.78 Å². The van der Waals surface area contributed by atoms with E-state index in [-0.39, 0.29) is 17.6 Å². The van der Waals surface area contributed by atoms with Crippen LogP contribution in [-0.4, -0.2) is 27.2 Å². The topological polar surface area (TPSA) is 70.7 Å². The minimum Gasteiger partial charge on any atom is -0.358 e. The molecule has 0 aliphatic heterocycles. The molecule has 3 aromatic heterocycles. The molecular formula is C15H13F3N4O. The molecule has 0 aliphatic rings. The number of hydrogen-bond acceptors (Lipinski definition) is 4. The summed E-state index contributed by atoms with van der Waals surface area (Å²) in [5, 5.41) is 3.52. The third kappa shape index (κ3) is 2.71. The summed E-state index contributed by atoms with van der Waals surface area (Å²) in [6.07, 6.45) is -0.219. The lowest BCUT2D eigenvalue weighted by molar-refractivity contribution is -0.142. The molecule has 120 valence electrons. The molecule has 0 radical (unpaired) electrons. The summed E-state index contributed by atoms with van der Waals surface area (Å²) in [5.74, 6) is 0.0361. The Labute approximate surface area is 128 Å². The van der Waals surface area contributed by atoms with Gasteiger partial charge >= 0.3 is 6.18 Å². The molecule has 0 spiro atoms. The van der Waals surface area contributed by atoms with Gasteiger partial charge in [0.15, 0.2) is 0 Å². The van der Waals surface area contributed by atoms with Crippen LogP contribution in [-0.2, 0) is 0 Å². The van der Waals surface area contributed by atoms with Gasteiger partial charge < -0.3 is 10.3 Å². The summed E-state index contributed by atoms with van der Waals surface area (Å²) >= 11 is 0. The number of nitrogens with zero attached hydrogens (tertiary/aromatic N) is 2. The van der Waals surface area contributed by atoms with Gasteiger partial charge in [0, 0.05) is 29.4 Å². The zero-order chi connectivity index (χ0) is 16.6. The van der Waals surface area contributed by atoms with E-state index in [1.54, 1.807) is 6.07 Å². The highest BCUT2D eigenvalue weighted by atomic mass is 19.4. The van der Waals surface area contributed by atoms with E-state index in [1.165, 1.54) is 31.6 Å². The van der Waals surface area contributed by atoms with Crippen molar-refractivity contribution in [2.24, 2.45) is 0 Å². The average molecular weight is 322 g/mol. The fourth-order valence-corrected chi connectivity index (χ4v) is 2.49. The highest BCUT2D eigenvalue weighted by molar-refractivity contribution is 6.09. The number of hydrogen-bond donors (Lipinski definition) is 2. The summed E-state index contributed by atoms with van der Waals surface area (Å²) in [5.41, 5.74) is 0.00901. The van der Waals surface area contributed by atoms with Gasteiger partial charge in [-0.2, -0.15) is 13.2 Å². The fraction of sp³-hybridized carbons (Fsp3) is 0.267. The summed E-state index contributed by atoms with van der Waals surface area (Å²) < 4.78 is 39.1. The fourth-order valence-electron chi connectivity index (χ4n) is 2.49. The van der Waals surface area contributed by atoms with Crippen LogP contribution in [0.5, 0.6) is 0 Å². The van der Waals surface area contributed by atoms with Gasteiger partial charge in [-0.25, -0.2) is 4.98 Å². The third-order valence-corrected chi connectivity index (χ3v) is 3.63. The summed E-state index contributed by atoms with van der Waals surface area (Å²) in [4.78, 5) is 22.9. The van der Waals surface area contributed by atoms with E-state index >= 15 is 0 Å². The van der Waals surface area contributed by atoms with E-state index < -0.39 is 17.8 Å². The van der Waals surface area contributed by atoms with Crippen LogP contribution in [0.2, 0.25) is 0 Å². The van der Waals surface area contributed by atoms with E-state index in [0.717, 1.165) is 0 Å². The van der Waals surface area contributed by atoms with Crippen molar-refractivity contribution in [2.45, 2.75) is 25.6 Å². The average Bonchev–Trinajstić information content (AvgIpc) is 2.51.